The molecular formula is C10H16S. The van der Waals surface area contributed by atoms with Gasteiger partial charge >= 0.3 is 0 Å². The number of fused-ring (bicyclic) bond motifs is 1. The highest BCUT2D eigenvalue weighted by Crippen LogP contribution is 2.48. The van der Waals surface area contributed by atoms with Gasteiger partial charge in [-0.25, -0.2) is 0 Å². The van der Waals surface area contributed by atoms with Gasteiger partial charge in [-0.15, -0.1) is 0 Å². The first-order valence-electron chi connectivity index (χ1n) is 4.48. The van der Waals surface area contributed by atoms with Gasteiger partial charge in [0.1, 0.15) is 0 Å². The van der Waals surface area contributed by atoms with Crippen LogP contribution < -0.4 is 0 Å². The lowest BCUT2D eigenvalue weighted by molar-refractivity contribution is 0.214. The van der Waals surface area contributed by atoms with Crippen LogP contribution >= 0.6 is 11.8 Å². The van der Waals surface area contributed by atoms with Gasteiger partial charge < -0.3 is 0 Å². The molecule has 0 radical (unpaired) electrons. The minimum atomic E-state index is 0.572. The zero-order valence-electron chi connectivity index (χ0n) is 7.34. The normalized spacial score (nSPS) is 40.5. The van der Waals surface area contributed by atoms with Crippen molar-refractivity contribution in [1.29, 1.82) is 0 Å². The third-order valence-electron chi connectivity index (χ3n) is 3.11. The van der Waals surface area contributed by atoms with Crippen molar-refractivity contribution in [1.82, 2.24) is 0 Å². The topological polar surface area (TPSA) is 0 Å². The fourth-order valence-electron chi connectivity index (χ4n) is 2.29. The van der Waals surface area contributed by atoms with E-state index in [1.807, 2.05) is 0 Å². The van der Waals surface area contributed by atoms with Gasteiger partial charge in [0.25, 0.3) is 0 Å². The third-order valence-corrected chi connectivity index (χ3v) is 4.45. The summed E-state index contributed by atoms with van der Waals surface area (Å²) in [5.74, 6) is 2.33. The summed E-state index contributed by atoms with van der Waals surface area (Å²) in [5, 5.41) is 0.846. The molecule has 62 valence electrons. The molecule has 0 aromatic heterocycles. The number of hydrogen-bond acceptors (Lipinski definition) is 1. The molecular weight excluding hydrogens is 152 g/mol. The molecule has 1 heterocycles. The Kier molecular flexibility index (Phi) is 1.79. The first-order valence-corrected chi connectivity index (χ1v) is 5.53. The van der Waals surface area contributed by atoms with E-state index in [1.165, 1.54) is 18.6 Å². The van der Waals surface area contributed by atoms with E-state index in [4.69, 9.17) is 0 Å². The minimum Gasteiger partial charge on any atom is -0.154 e. The lowest BCUT2D eigenvalue weighted by Gasteiger charge is -2.36. The van der Waals surface area contributed by atoms with E-state index in [2.05, 4.69) is 37.8 Å². The van der Waals surface area contributed by atoms with Gasteiger partial charge in [-0.05, 0) is 29.9 Å². The summed E-state index contributed by atoms with van der Waals surface area (Å²) in [4.78, 5) is 0. The maximum absolute atomic E-state index is 2.42. The number of thioether (sulfide) groups is 1. The molecule has 2 atom stereocenters. The van der Waals surface area contributed by atoms with Gasteiger partial charge in [-0.3, -0.25) is 0 Å². The van der Waals surface area contributed by atoms with Crippen LogP contribution in [0.2, 0.25) is 0 Å². The molecule has 0 N–H and O–H groups in total. The molecule has 0 bridgehead atoms. The van der Waals surface area contributed by atoms with Gasteiger partial charge in [0, 0.05) is 5.25 Å². The molecule has 2 unspecified atom stereocenters. The SMILES string of the molecule is CC1(C)CC=CC2SCCC21. The van der Waals surface area contributed by atoms with Crippen LogP contribution in [0.5, 0.6) is 0 Å². The summed E-state index contributed by atoms with van der Waals surface area (Å²) < 4.78 is 0. The zero-order chi connectivity index (χ0) is 7.90. The molecule has 1 saturated heterocycles. The second-order valence-electron chi connectivity index (χ2n) is 4.35. The van der Waals surface area contributed by atoms with E-state index < -0.39 is 0 Å². The van der Waals surface area contributed by atoms with Crippen molar-refractivity contribution in [3.05, 3.63) is 12.2 Å². The molecule has 2 aliphatic rings. The largest absolute Gasteiger partial charge is 0.154 e. The van der Waals surface area contributed by atoms with Gasteiger partial charge in [0.15, 0.2) is 0 Å². The minimum absolute atomic E-state index is 0.572. The van der Waals surface area contributed by atoms with E-state index in [9.17, 15) is 0 Å². The molecule has 2 rings (SSSR count). The maximum atomic E-state index is 2.42. The molecule has 0 aromatic carbocycles. The van der Waals surface area contributed by atoms with Gasteiger partial charge in [0.2, 0.25) is 0 Å². The Morgan fingerprint density at radius 3 is 3.00 bits per heavy atom. The van der Waals surface area contributed by atoms with Crippen LogP contribution in [0.15, 0.2) is 12.2 Å². The Balaban J connectivity index is 2.23. The molecule has 1 aliphatic carbocycles. The van der Waals surface area contributed by atoms with E-state index in [1.54, 1.807) is 0 Å². The Morgan fingerprint density at radius 2 is 2.27 bits per heavy atom. The van der Waals surface area contributed by atoms with Crippen LogP contribution in [-0.4, -0.2) is 11.0 Å². The predicted molar refractivity (Wildman–Crippen MR) is 51.9 cm³/mol. The predicted octanol–water partition coefficient (Wildman–Crippen LogP) is 3.09. The van der Waals surface area contributed by atoms with Crippen LogP contribution in [0.4, 0.5) is 0 Å². The van der Waals surface area contributed by atoms with Crippen LogP contribution in [0, 0.1) is 11.3 Å². The number of rotatable bonds is 0. The number of hydrogen-bond donors (Lipinski definition) is 0. The highest BCUT2D eigenvalue weighted by atomic mass is 32.2. The second-order valence-corrected chi connectivity index (χ2v) is 5.64. The van der Waals surface area contributed by atoms with E-state index >= 15 is 0 Å². The van der Waals surface area contributed by atoms with Crippen molar-refractivity contribution < 1.29 is 0 Å². The quantitative estimate of drug-likeness (QED) is 0.501. The van der Waals surface area contributed by atoms with Crippen LogP contribution in [0.25, 0.3) is 0 Å². The fraction of sp³-hybridized carbons (Fsp3) is 0.800. The standard InChI is InChI=1S/C10H16S/c1-10(2)6-3-4-9-8(10)5-7-11-9/h3-4,8-9H,5-7H2,1-2H3. The van der Waals surface area contributed by atoms with Crippen molar-refractivity contribution in [2.75, 3.05) is 5.75 Å². The number of allylic oxidation sites excluding steroid dienone is 1. The molecule has 1 aliphatic heterocycles. The summed E-state index contributed by atoms with van der Waals surface area (Å²) in [5.41, 5.74) is 0.572. The molecule has 1 fully saturated rings. The van der Waals surface area contributed by atoms with E-state index in [0.29, 0.717) is 5.41 Å². The van der Waals surface area contributed by atoms with E-state index in [-0.39, 0.29) is 0 Å². The first kappa shape index (κ1) is 7.72. The molecule has 1 heteroatoms. The zero-order valence-corrected chi connectivity index (χ0v) is 8.16. The van der Waals surface area contributed by atoms with E-state index in [0.717, 1.165) is 11.2 Å². The summed E-state index contributed by atoms with van der Waals surface area (Å²) >= 11 is 2.14. The molecule has 0 nitrogen and oxygen atoms in total. The second kappa shape index (κ2) is 2.55. The lowest BCUT2D eigenvalue weighted by atomic mass is 9.70. The highest BCUT2D eigenvalue weighted by molar-refractivity contribution is 8.00. The van der Waals surface area contributed by atoms with Crippen molar-refractivity contribution in [3.63, 3.8) is 0 Å². The smallest absolute Gasteiger partial charge is 0.0260 e. The molecule has 0 aromatic rings. The Labute approximate surface area is 73.4 Å². The fourth-order valence-corrected chi connectivity index (χ4v) is 3.92. The van der Waals surface area contributed by atoms with Crippen LogP contribution in [-0.2, 0) is 0 Å². The van der Waals surface area contributed by atoms with Gasteiger partial charge in [-0.1, -0.05) is 26.0 Å². The maximum Gasteiger partial charge on any atom is 0.0260 e. The summed E-state index contributed by atoms with van der Waals surface area (Å²) in [6.45, 7) is 4.83. The Morgan fingerprint density at radius 1 is 1.45 bits per heavy atom. The molecule has 0 amide bonds. The molecule has 0 saturated carbocycles. The average Bonchev–Trinajstić information content (AvgIpc) is 2.34. The molecule has 11 heavy (non-hydrogen) atoms. The highest BCUT2D eigenvalue weighted by Gasteiger charge is 2.39. The lowest BCUT2D eigenvalue weighted by Crippen LogP contribution is -2.30. The monoisotopic (exact) mass is 168 g/mol. The Bertz CT molecular complexity index is 181. The average molecular weight is 168 g/mol. The van der Waals surface area contributed by atoms with Crippen LogP contribution in [0.1, 0.15) is 26.7 Å². The van der Waals surface area contributed by atoms with Crippen molar-refractivity contribution >= 4 is 11.8 Å². The molecule has 0 spiro atoms. The van der Waals surface area contributed by atoms with Crippen molar-refractivity contribution in [2.24, 2.45) is 11.3 Å². The summed E-state index contributed by atoms with van der Waals surface area (Å²) in [6, 6.07) is 0. The van der Waals surface area contributed by atoms with Crippen molar-refractivity contribution in [3.8, 4) is 0 Å². The third kappa shape index (κ3) is 1.24. The van der Waals surface area contributed by atoms with Crippen molar-refractivity contribution in [2.45, 2.75) is 31.9 Å². The Hall–Kier alpha value is 0.0900. The summed E-state index contributed by atoms with van der Waals surface area (Å²) in [7, 11) is 0. The van der Waals surface area contributed by atoms with Gasteiger partial charge in [0.05, 0.1) is 0 Å². The summed E-state index contributed by atoms with van der Waals surface area (Å²) in [6.07, 6.45) is 7.52. The van der Waals surface area contributed by atoms with Gasteiger partial charge in [-0.2, -0.15) is 11.8 Å². The van der Waals surface area contributed by atoms with Crippen LogP contribution in [0.3, 0.4) is 0 Å². The first-order chi connectivity index (χ1) is 5.20.